The van der Waals surface area contributed by atoms with E-state index in [9.17, 15) is 4.79 Å². The summed E-state index contributed by atoms with van der Waals surface area (Å²) < 4.78 is 17.8. The molecule has 0 amide bonds. The largest absolute Gasteiger partial charge is 0.492 e. The summed E-state index contributed by atoms with van der Waals surface area (Å²) in [5, 5.41) is 0. The summed E-state index contributed by atoms with van der Waals surface area (Å²) in [5.41, 5.74) is 6.23. The minimum Gasteiger partial charge on any atom is -0.492 e. The highest BCUT2D eigenvalue weighted by atomic mass is 16.5. The zero-order valence-electron chi connectivity index (χ0n) is 21.5. The molecule has 0 saturated carbocycles. The van der Waals surface area contributed by atoms with E-state index in [1.54, 1.807) is 6.08 Å². The molecule has 0 unspecified atom stereocenters. The van der Waals surface area contributed by atoms with Gasteiger partial charge in [-0.2, -0.15) is 0 Å². The van der Waals surface area contributed by atoms with E-state index >= 15 is 0 Å². The molecule has 0 atom stereocenters. The van der Waals surface area contributed by atoms with Crippen LogP contribution in [-0.2, 0) is 11.3 Å². The van der Waals surface area contributed by atoms with Gasteiger partial charge in [-0.3, -0.25) is 9.69 Å². The van der Waals surface area contributed by atoms with Crippen molar-refractivity contribution in [1.82, 2.24) is 4.90 Å². The van der Waals surface area contributed by atoms with Crippen molar-refractivity contribution in [3.63, 3.8) is 0 Å². The number of rotatable bonds is 11. The zero-order valence-corrected chi connectivity index (χ0v) is 21.5. The second-order valence-corrected chi connectivity index (χ2v) is 8.99. The second-order valence-electron chi connectivity index (χ2n) is 8.99. The molecule has 0 aromatic heterocycles. The zero-order chi connectivity index (χ0) is 24.7. The van der Waals surface area contributed by atoms with Crippen molar-refractivity contribution in [3.8, 4) is 17.2 Å². The van der Waals surface area contributed by atoms with E-state index in [1.165, 1.54) is 18.1 Å². The lowest BCUT2D eigenvalue weighted by Crippen LogP contribution is -2.25. The molecule has 0 N–H and O–H groups in total. The minimum absolute atomic E-state index is 0.327. The Labute approximate surface area is 199 Å². The van der Waals surface area contributed by atoms with Crippen LogP contribution >= 0.6 is 0 Å². The van der Waals surface area contributed by atoms with Gasteiger partial charge in [0.1, 0.15) is 30.5 Å². The summed E-state index contributed by atoms with van der Waals surface area (Å²) >= 11 is 0. The van der Waals surface area contributed by atoms with Crippen LogP contribution in [0.15, 0.2) is 30.9 Å². The Kier molecular flexibility index (Phi) is 9.54. The minimum atomic E-state index is -0.327. The van der Waals surface area contributed by atoms with E-state index in [1.807, 2.05) is 20.8 Å². The highest BCUT2D eigenvalue weighted by molar-refractivity contribution is 5.72. The Morgan fingerprint density at radius 2 is 1.73 bits per heavy atom. The third-order valence-corrected chi connectivity index (χ3v) is 5.85. The number of aryl methyl sites for hydroxylation is 1. The fourth-order valence-corrected chi connectivity index (χ4v) is 3.88. The summed E-state index contributed by atoms with van der Waals surface area (Å²) in [4.78, 5) is 13.9. The van der Waals surface area contributed by atoms with E-state index in [-0.39, 0.29) is 5.97 Å². The summed E-state index contributed by atoms with van der Waals surface area (Å²) in [6.45, 7) is 19.9. The summed E-state index contributed by atoms with van der Waals surface area (Å²) in [6, 6.07) is 6.38. The van der Waals surface area contributed by atoms with E-state index < -0.39 is 0 Å². The predicted octanol–water partition coefficient (Wildman–Crippen LogP) is 6.04. The number of ether oxygens (including phenoxy) is 3. The van der Waals surface area contributed by atoms with Gasteiger partial charge in [-0.15, -0.1) is 0 Å². The van der Waals surface area contributed by atoms with E-state index in [4.69, 9.17) is 14.2 Å². The standard InChI is InChI=1S/C28H39NO4/c1-10-14-32-28-21(6)20(5)27(33-23(8)30)22(7)25(28)17-29(9)13-15-31-26-16-19(4)11-12-24(26)18(2)3/h10-12,16,18H,1,13-15,17H2,2-9H3. The normalized spacial score (nSPS) is 11.1. The second kappa shape index (κ2) is 11.9. The van der Waals surface area contributed by atoms with Crippen molar-refractivity contribution in [3.05, 3.63) is 64.2 Å². The Morgan fingerprint density at radius 3 is 2.33 bits per heavy atom. The first kappa shape index (κ1) is 26.5. The van der Waals surface area contributed by atoms with Gasteiger partial charge in [-0.1, -0.05) is 38.6 Å². The number of benzene rings is 2. The molecule has 0 aliphatic carbocycles. The number of carbonyl (C=O) groups excluding carboxylic acids is 1. The molecule has 2 rings (SSSR count). The predicted molar refractivity (Wildman–Crippen MR) is 135 cm³/mol. The van der Waals surface area contributed by atoms with Crippen LogP contribution in [-0.4, -0.2) is 37.7 Å². The van der Waals surface area contributed by atoms with Gasteiger partial charge in [0.15, 0.2) is 0 Å². The maximum Gasteiger partial charge on any atom is 0.308 e. The van der Waals surface area contributed by atoms with Crippen molar-refractivity contribution in [2.75, 3.05) is 26.8 Å². The molecule has 5 heteroatoms. The highest BCUT2D eigenvalue weighted by Crippen LogP contribution is 2.38. The van der Waals surface area contributed by atoms with Crippen LogP contribution in [0.25, 0.3) is 0 Å². The molecule has 0 fully saturated rings. The first-order valence-electron chi connectivity index (χ1n) is 11.5. The van der Waals surface area contributed by atoms with Gasteiger partial charge in [0.05, 0.1) is 0 Å². The van der Waals surface area contributed by atoms with Crippen LogP contribution in [0.3, 0.4) is 0 Å². The van der Waals surface area contributed by atoms with Crippen LogP contribution in [0.5, 0.6) is 17.2 Å². The lowest BCUT2D eigenvalue weighted by Gasteiger charge is -2.25. The number of hydrogen-bond acceptors (Lipinski definition) is 5. The molecule has 2 aromatic rings. The fourth-order valence-electron chi connectivity index (χ4n) is 3.88. The van der Waals surface area contributed by atoms with Crippen LogP contribution in [0.4, 0.5) is 0 Å². The van der Waals surface area contributed by atoms with Gasteiger partial charge < -0.3 is 14.2 Å². The number of likely N-dealkylation sites (N-methyl/N-ethyl adjacent to an activating group) is 1. The summed E-state index contributed by atoms with van der Waals surface area (Å²) in [6.07, 6.45) is 1.74. The topological polar surface area (TPSA) is 48.0 Å². The van der Waals surface area contributed by atoms with Crippen molar-refractivity contribution in [2.24, 2.45) is 0 Å². The molecule has 0 saturated heterocycles. The molecule has 2 aromatic carbocycles. The molecule has 0 spiro atoms. The SMILES string of the molecule is C=CCOc1c(C)c(C)c(OC(C)=O)c(C)c1CN(C)CCOc1cc(C)ccc1C(C)C. The Hall–Kier alpha value is -2.79. The van der Waals surface area contributed by atoms with Crippen molar-refractivity contribution < 1.29 is 19.0 Å². The Bertz CT molecular complexity index is 994. The maximum absolute atomic E-state index is 11.7. The highest BCUT2D eigenvalue weighted by Gasteiger charge is 2.21. The average molecular weight is 454 g/mol. The van der Waals surface area contributed by atoms with Gasteiger partial charge in [0.2, 0.25) is 0 Å². The van der Waals surface area contributed by atoms with Crippen LogP contribution in [0.2, 0.25) is 0 Å². The number of esters is 1. The summed E-state index contributed by atoms with van der Waals surface area (Å²) in [5.74, 6) is 2.47. The van der Waals surface area contributed by atoms with Crippen molar-refractivity contribution in [2.45, 2.75) is 60.9 Å². The third kappa shape index (κ3) is 6.84. The molecule has 180 valence electrons. The quantitative estimate of drug-likeness (QED) is 0.236. The average Bonchev–Trinajstić information content (AvgIpc) is 2.74. The maximum atomic E-state index is 11.7. The number of carbonyl (C=O) groups is 1. The monoisotopic (exact) mass is 453 g/mol. The molecule has 0 heterocycles. The molecule has 0 aliphatic rings. The fraction of sp³-hybridized carbons (Fsp3) is 0.464. The first-order valence-corrected chi connectivity index (χ1v) is 11.5. The van der Waals surface area contributed by atoms with Crippen LogP contribution in [0.1, 0.15) is 60.1 Å². The molecule has 5 nitrogen and oxygen atoms in total. The Morgan fingerprint density at radius 1 is 1.06 bits per heavy atom. The lowest BCUT2D eigenvalue weighted by molar-refractivity contribution is -0.131. The van der Waals surface area contributed by atoms with Crippen LogP contribution in [0, 0.1) is 27.7 Å². The van der Waals surface area contributed by atoms with Gasteiger partial charge in [0, 0.05) is 31.1 Å². The van der Waals surface area contributed by atoms with Gasteiger partial charge in [0.25, 0.3) is 0 Å². The van der Waals surface area contributed by atoms with Crippen LogP contribution < -0.4 is 14.2 Å². The molecule has 0 bridgehead atoms. The molecular weight excluding hydrogens is 414 g/mol. The third-order valence-electron chi connectivity index (χ3n) is 5.85. The van der Waals surface area contributed by atoms with Gasteiger partial charge in [-0.25, -0.2) is 0 Å². The first-order chi connectivity index (χ1) is 15.6. The number of nitrogens with zero attached hydrogens (tertiary/aromatic N) is 1. The smallest absolute Gasteiger partial charge is 0.308 e. The molecule has 0 aliphatic heterocycles. The van der Waals surface area contributed by atoms with E-state index in [2.05, 4.69) is 57.5 Å². The van der Waals surface area contributed by atoms with E-state index in [0.717, 1.165) is 40.3 Å². The lowest BCUT2D eigenvalue weighted by atomic mass is 9.96. The number of hydrogen-bond donors (Lipinski definition) is 0. The Balaban J connectivity index is 2.23. The summed E-state index contributed by atoms with van der Waals surface area (Å²) in [7, 11) is 2.06. The molecule has 33 heavy (non-hydrogen) atoms. The molecular formula is C28H39NO4. The van der Waals surface area contributed by atoms with Gasteiger partial charge >= 0.3 is 5.97 Å². The van der Waals surface area contributed by atoms with Crippen molar-refractivity contribution in [1.29, 1.82) is 0 Å². The van der Waals surface area contributed by atoms with Crippen molar-refractivity contribution >= 4 is 5.97 Å². The van der Waals surface area contributed by atoms with E-state index in [0.29, 0.717) is 31.4 Å². The molecule has 0 radical (unpaired) electrons. The van der Waals surface area contributed by atoms with Gasteiger partial charge in [-0.05, 0) is 69.0 Å².